The molecule has 0 aliphatic heterocycles. The van der Waals surface area contributed by atoms with Gasteiger partial charge in [-0.05, 0) is 23.5 Å². The maximum Gasteiger partial charge on any atom is 0.0649 e. The summed E-state index contributed by atoms with van der Waals surface area (Å²) in [7, 11) is 0. The van der Waals surface area contributed by atoms with Crippen molar-refractivity contribution in [3.63, 3.8) is 0 Å². The molecule has 1 N–H and O–H groups in total. The summed E-state index contributed by atoms with van der Waals surface area (Å²) in [6.07, 6.45) is 2.78. The predicted molar refractivity (Wildman–Crippen MR) is 89.4 cm³/mol. The van der Waals surface area contributed by atoms with Gasteiger partial charge in [0.05, 0.1) is 6.10 Å². The molecule has 1 nitrogen and oxygen atoms in total. The molecule has 0 aliphatic rings. The van der Waals surface area contributed by atoms with Crippen molar-refractivity contribution in [3.05, 3.63) is 71.8 Å². The maximum atomic E-state index is 10.7. The first-order valence-corrected chi connectivity index (χ1v) is 7.96. The average Bonchev–Trinajstić information content (AvgIpc) is 2.49. The molecule has 0 spiro atoms. The zero-order valence-corrected chi connectivity index (χ0v) is 13.1. The third-order valence-corrected chi connectivity index (χ3v) is 3.98. The monoisotopic (exact) mass is 282 g/mol. The molecule has 0 heterocycles. The second-order valence-corrected chi connectivity index (χ2v) is 6.19. The molecule has 1 unspecified atom stereocenters. The highest BCUT2D eigenvalue weighted by Gasteiger charge is 2.22. The molecule has 0 aliphatic carbocycles. The Morgan fingerprint density at radius 2 is 1.24 bits per heavy atom. The third kappa shape index (κ3) is 4.71. The van der Waals surface area contributed by atoms with Crippen LogP contribution < -0.4 is 0 Å². The maximum absolute atomic E-state index is 10.7. The van der Waals surface area contributed by atoms with Crippen LogP contribution in [0.5, 0.6) is 0 Å². The molecule has 1 heteroatoms. The lowest BCUT2D eigenvalue weighted by Crippen LogP contribution is -2.20. The van der Waals surface area contributed by atoms with E-state index in [-0.39, 0.29) is 12.0 Å². The van der Waals surface area contributed by atoms with Crippen molar-refractivity contribution in [1.29, 1.82) is 0 Å². The van der Waals surface area contributed by atoms with Crippen LogP contribution in [-0.2, 0) is 0 Å². The van der Waals surface area contributed by atoms with E-state index >= 15 is 0 Å². The fraction of sp³-hybridized carbons (Fsp3) is 0.400. The molecule has 0 bridgehead atoms. The van der Waals surface area contributed by atoms with Gasteiger partial charge in [-0.2, -0.15) is 0 Å². The molecule has 0 saturated heterocycles. The summed E-state index contributed by atoms with van der Waals surface area (Å²) in [5.41, 5.74) is 2.39. The number of aliphatic hydroxyl groups is 1. The van der Waals surface area contributed by atoms with Gasteiger partial charge in [0.1, 0.15) is 0 Å². The topological polar surface area (TPSA) is 20.2 Å². The molecule has 0 saturated carbocycles. The van der Waals surface area contributed by atoms with Crippen LogP contribution in [0.15, 0.2) is 60.7 Å². The molecular weight excluding hydrogens is 256 g/mol. The zero-order chi connectivity index (χ0) is 15.1. The van der Waals surface area contributed by atoms with Crippen LogP contribution in [0.25, 0.3) is 0 Å². The lowest BCUT2D eigenvalue weighted by Gasteiger charge is -2.24. The highest BCUT2D eigenvalue weighted by atomic mass is 16.3. The van der Waals surface area contributed by atoms with Gasteiger partial charge in [0.2, 0.25) is 0 Å². The summed E-state index contributed by atoms with van der Waals surface area (Å²) in [6, 6.07) is 20.7. The Morgan fingerprint density at radius 1 is 0.762 bits per heavy atom. The molecule has 0 aromatic heterocycles. The van der Waals surface area contributed by atoms with Gasteiger partial charge in [0.25, 0.3) is 0 Å². The SMILES string of the molecule is CC(C)CCCC(O)C(c1ccccc1)c1ccccc1. The van der Waals surface area contributed by atoms with Crippen molar-refractivity contribution in [2.24, 2.45) is 5.92 Å². The number of hydrogen-bond acceptors (Lipinski definition) is 1. The van der Waals surface area contributed by atoms with Crippen molar-refractivity contribution in [2.45, 2.75) is 45.1 Å². The van der Waals surface area contributed by atoms with E-state index in [0.717, 1.165) is 12.8 Å². The summed E-state index contributed by atoms with van der Waals surface area (Å²) in [5, 5.41) is 10.7. The van der Waals surface area contributed by atoms with E-state index in [1.165, 1.54) is 17.5 Å². The van der Waals surface area contributed by atoms with E-state index < -0.39 is 0 Å². The van der Waals surface area contributed by atoms with Crippen LogP contribution in [0.2, 0.25) is 0 Å². The minimum Gasteiger partial charge on any atom is -0.392 e. The summed E-state index contributed by atoms with van der Waals surface area (Å²) in [4.78, 5) is 0. The molecule has 21 heavy (non-hydrogen) atoms. The Labute approximate surface area is 128 Å². The number of benzene rings is 2. The predicted octanol–water partition coefficient (Wildman–Crippen LogP) is 5.01. The highest BCUT2D eigenvalue weighted by Crippen LogP contribution is 2.30. The molecule has 2 aromatic carbocycles. The fourth-order valence-corrected chi connectivity index (χ4v) is 2.86. The van der Waals surface area contributed by atoms with Crippen LogP contribution >= 0.6 is 0 Å². The van der Waals surface area contributed by atoms with Gasteiger partial charge in [0.15, 0.2) is 0 Å². The lowest BCUT2D eigenvalue weighted by atomic mass is 9.84. The van der Waals surface area contributed by atoms with Gasteiger partial charge in [-0.3, -0.25) is 0 Å². The van der Waals surface area contributed by atoms with Gasteiger partial charge in [-0.1, -0.05) is 87.4 Å². The largest absolute Gasteiger partial charge is 0.392 e. The van der Waals surface area contributed by atoms with Gasteiger partial charge in [-0.25, -0.2) is 0 Å². The number of rotatable bonds is 7. The quantitative estimate of drug-likeness (QED) is 0.757. The first-order valence-electron chi connectivity index (χ1n) is 7.96. The van der Waals surface area contributed by atoms with Crippen molar-refractivity contribution in [1.82, 2.24) is 0 Å². The first kappa shape index (κ1) is 15.8. The van der Waals surface area contributed by atoms with E-state index in [0.29, 0.717) is 5.92 Å². The minimum atomic E-state index is -0.325. The highest BCUT2D eigenvalue weighted by molar-refractivity contribution is 5.33. The van der Waals surface area contributed by atoms with Crippen molar-refractivity contribution in [2.75, 3.05) is 0 Å². The molecular formula is C20H26O. The molecule has 112 valence electrons. The summed E-state index contributed by atoms with van der Waals surface area (Å²) in [6.45, 7) is 4.47. The fourth-order valence-electron chi connectivity index (χ4n) is 2.86. The third-order valence-electron chi connectivity index (χ3n) is 3.98. The lowest BCUT2D eigenvalue weighted by molar-refractivity contribution is 0.142. The van der Waals surface area contributed by atoms with E-state index in [4.69, 9.17) is 0 Å². The van der Waals surface area contributed by atoms with E-state index in [1.54, 1.807) is 0 Å². The Bertz CT molecular complexity index is 464. The molecule has 1 atom stereocenters. The first-order chi connectivity index (χ1) is 10.2. The van der Waals surface area contributed by atoms with Gasteiger partial charge in [-0.15, -0.1) is 0 Å². The zero-order valence-electron chi connectivity index (χ0n) is 13.1. The summed E-state index contributed by atoms with van der Waals surface area (Å²) >= 11 is 0. The van der Waals surface area contributed by atoms with E-state index in [1.807, 2.05) is 36.4 Å². The van der Waals surface area contributed by atoms with Crippen LogP contribution in [0, 0.1) is 5.92 Å². The van der Waals surface area contributed by atoms with Crippen molar-refractivity contribution < 1.29 is 5.11 Å². The van der Waals surface area contributed by atoms with E-state index in [2.05, 4.69) is 38.1 Å². The molecule has 2 aromatic rings. The molecule has 0 fully saturated rings. The van der Waals surface area contributed by atoms with Gasteiger partial charge >= 0.3 is 0 Å². The second kappa shape index (κ2) is 7.99. The Kier molecular flexibility index (Phi) is 6.01. The van der Waals surface area contributed by atoms with Gasteiger partial charge < -0.3 is 5.11 Å². The standard InChI is InChI=1S/C20H26O/c1-16(2)10-9-15-19(21)20(17-11-5-3-6-12-17)18-13-7-4-8-14-18/h3-8,11-14,16,19-21H,9-10,15H2,1-2H3. The number of aliphatic hydroxyl groups excluding tert-OH is 1. The smallest absolute Gasteiger partial charge is 0.0649 e. The Hall–Kier alpha value is -1.60. The summed E-state index contributed by atoms with van der Waals surface area (Å²) < 4.78 is 0. The average molecular weight is 282 g/mol. The van der Waals surface area contributed by atoms with Crippen LogP contribution in [0.4, 0.5) is 0 Å². The van der Waals surface area contributed by atoms with Crippen LogP contribution in [-0.4, -0.2) is 11.2 Å². The Balaban J connectivity index is 2.16. The second-order valence-electron chi connectivity index (χ2n) is 6.19. The van der Waals surface area contributed by atoms with Crippen LogP contribution in [0.1, 0.15) is 50.2 Å². The van der Waals surface area contributed by atoms with Gasteiger partial charge in [0, 0.05) is 5.92 Å². The van der Waals surface area contributed by atoms with Crippen molar-refractivity contribution >= 4 is 0 Å². The normalized spacial score (nSPS) is 12.8. The number of hydrogen-bond donors (Lipinski definition) is 1. The minimum absolute atomic E-state index is 0.0690. The van der Waals surface area contributed by atoms with Crippen LogP contribution in [0.3, 0.4) is 0 Å². The molecule has 0 amide bonds. The molecule has 0 radical (unpaired) electrons. The Morgan fingerprint density at radius 3 is 1.67 bits per heavy atom. The van der Waals surface area contributed by atoms with Crippen molar-refractivity contribution in [3.8, 4) is 0 Å². The summed E-state index contributed by atoms with van der Waals surface area (Å²) in [5.74, 6) is 0.767. The van der Waals surface area contributed by atoms with E-state index in [9.17, 15) is 5.11 Å². The molecule has 2 rings (SSSR count).